The maximum Gasteiger partial charge on any atom is 0.252 e. The van der Waals surface area contributed by atoms with E-state index in [-0.39, 0.29) is 13.2 Å². The van der Waals surface area contributed by atoms with Gasteiger partial charge in [-0.3, -0.25) is 0 Å². The molecule has 1 aliphatic heterocycles. The van der Waals surface area contributed by atoms with Crippen LogP contribution < -0.4 is 0 Å². The predicted octanol–water partition coefficient (Wildman–Crippen LogP) is 0.653. The van der Waals surface area contributed by atoms with Gasteiger partial charge in [0, 0.05) is 11.4 Å². The minimum absolute atomic E-state index is 0.196. The van der Waals surface area contributed by atoms with E-state index in [0.717, 1.165) is 10.4 Å². The van der Waals surface area contributed by atoms with Crippen LogP contribution in [-0.2, 0) is 29.7 Å². The van der Waals surface area contributed by atoms with Gasteiger partial charge >= 0.3 is 0 Å². The Morgan fingerprint density at radius 2 is 2.14 bits per heavy atom. The van der Waals surface area contributed by atoms with Crippen LogP contribution in [0.25, 0.3) is 0 Å². The van der Waals surface area contributed by atoms with Gasteiger partial charge in [0.05, 0.1) is 25.4 Å². The highest BCUT2D eigenvalue weighted by Gasteiger charge is 2.32. The number of sulfonamides is 1. The first-order valence-electron chi connectivity index (χ1n) is 6.52. The van der Waals surface area contributed by atoms with Gasteiger partial charge in [0.2, 0.25) is 0 Å². The average molecular weight is 328 g/mol. The van der Waals surface area contributed by atoms with Gasteiger partial charge in [0.1, 0.15) is 9.90 Å². The number of fused-ring (bicyclic) bond motifs is 1. The molecule has 0 saturated heterocycles. The largest absolute Gasteiger partial charge is 0.390 e. The molecule has 0 unspecified atom stereocenters. The van der Waals surface area contributed by atoms with E-state index in [1.54, 1.807) is 10.7 Å². The lowest BCUT2D eigenvalue weighted by molar-refractivity contribution is 0.270. The summed E-state index contributed by atoms with van der Waals surface area (Å²) in [5.41, 5.74) is 2.09. The Labute approximate surface area is 126 Å². The molecule has 0 amide bonds. The second-order valence-corrected chi connectivity index (χ2v) is 8.43. The van der Waals surface area contributed by atoms with Crippen molar-refractivity contribution in [1.82, 2.24) is 19.3 Å². The second-order valence-electron chi connectivity index (χ2n) is 5.01. The lowest BCUT2D eigenvalue weighted by Gasteiger charge is -2.26. The SMILES string of the molecule is Cc1cc(S(=O)(=O)N2CCn3nnc(CO)c3C2)sc1C. The lowest BCUT2D eigenvalue weighted by atomic mass is 10.3. The molecule has 3 heterocycles. The van der Waals surface area contributed by atoms with Gasteiger partial charge in [0.15, 0.2) is 0 Å². The van der Waals surface area contributed by atoms with Crippen LogP contribution >= 0.6 is 11.3 Å². The molecule has 9 heteroatoms. The van der Waals surface area contributed by atoms with Crippen LogP contribution in [0.2, 0.25) is 0 Å². The fourth-order valence-electron chi connectivity index (χ4n) is 2.30. The zero-order chi connectivity index (χ0) is 15.2. The number of nitrogens with zero attached hydrogens (tertiary/aromatic N) is 4. The quantitative estimate of drug-likeness (QED) is 0.894. The van der Waals surface area contributed by atoms with Crippen molar-refractivity contribution in [3.05, 3.63) is 27.9 Å². The van der Waals surface area contributed by atoms with Crippen molar-refractivity contribution >= 4 is 21.4 Å². The molecular weight excluding hydrogens is 312 g/mol. The first kappa shape index (κ1) is 14.6. The Morgan fingerprint density at radius 1 is 1.38 bits per heavy atom. The van der Waals surface area contributed by atoms with Crippen molar-refractivity contribution in [2.24, 2.45) is 0 Å². The topological polar surface area (TPSA) is 88.3 Å². The van der Waals surface area contributed by atoms with Gasteiger partial charge in [0.25, 0.3) is 10.0 Å². The van der Waals surface area contributed by atoms with Gasteiger partial charge in [-0.15, -0.1) is 16.4 Å². The van der Waals surface area contributed by atoms with Crippen molar-refractivity contribution in [1.29, 1.82) is 0 Å². The van der Waals surface area contributed by atoms with Crippen molar-refractivity contribution in [2.45, 2.75) is 37.8 Å². The number of rotatable bonds is 3. The summed E-state index contributed by atoms with van der Waals surface area (Å²) in [5.74, 6) is 0. The smallest absolute Gasteiger partial charge is 0.252 e. The van der Waals surface area contributed by atoms with E-state index < -0.39 is 10.0 Å². The summed E-state index contributed by atoms with van der Waals surface area (Å²) in [6.07, 6.45) is 0. The monoisotopic (exact) mass is 328 g/mol. The summed E-state index contributed by atoms with van der Waals surface area (Å²) in [6.45, 7) is 4.59. The first-order valence-corrected chi connectivity index (χ1v) is 8.78. The molecule has 0 fully saturated rings. The van der Waals surface area contributed by atoms with Crippen molar-refractivity contribution in [2.75, 3.05) is 6.54 Å². The number of hydrogen-bond donors (Lipinski definition) is 1. The minimum atomic E-state index is -3.51. The maximum absolute atomic E-state index is 12.7. The van der Waals surface area contributed by atoms with Gasteiger partial charge in [-0.05, 0) is 25.5 Å². The number of hydrogen-bond acceptors (Lipinski definition) is 6. The molecule has 1 N–H and O–H groups in total. The summed E-state index contributed by atoms with van der Waals surface area (Å²) < 4.78 is 28.9. The van der Waals surface area contributed by atoms with E-state index in [1.807, 2.05) is 13.8 Å². The molecule has 21 heavy (non-hydrogen) atoms. The van der Waals surface area contributed by atoms with E-state index in [0.29, 0.717) is 28.7 Å². The van der Waals surface area contributed by atoms with Gasteiger partial charge in [-0.1, -0.05) is 5.21 Å². The fraction of sp³-hybridized carbons (Fsp3) is 0.500. The summed E-state index contributed by atoms with van der Waals surface area (Å²) >= 11 is 1.29. The van der Waals surface area contributed by atoms with Crippen LogP contribution in [0.1, 0.15) is 21.8 Å². The molecule has 1 aliphatic rings. The molecule has 0 spiro atoms. The van der Waals surface area contributed by atoms with Crippen LogP contribution in [0.4, 0.5) is 0 Å². The molecule has 0 bridgehead atoms. The zero-order valence-electron chi connectivity index (χ0n) is 11.8. The minimum Gasteiger partial charge on any atom is -0.390 e. The van der Waals surface area contributed by atoms with Crippen LogP contribution in [0.15, 0.2) is 10.3 Å². The summed E-state index contributed by atoms with van der Waals surface area (Å²) in [7, 11) is -3.51. The highest BCUT2D eigenvalue weighted by Crippen LogP contribution is 2.29. The number of thiophene rings is 1. The molecule has 0 aromatic carbocycles. The van der Waals surface area contributed by atoms with Crippen LogP contribution in [-0.4, -0.2) is 39.4 Å². The Kier molecular flexibility index (Phi) is 3.60. The molecular formula is C12H16N4O3S2. The highest BCUT2D eigenvalue weighted by molar-refractivity contribution is 7.91. The van der Waals surface area contributed by atoms with Crippen LogP contribution in [0, 0.1) is 13.8 Å². The van der Waals surface area contributed by atoms with Gasteiger partial charge in [-0.2, -0.15) is 4.31 Å². The number of aryl methyl sites for hydroxylation is 2. The Hall–Kier alpha value is -1.29. The van der Waals surface area contributed by atoms with E-state index in [2.05, 4.69) is 10.3 Å². The standard InChI is InChI=1S/C12H16N4O3S2/c1-8-5-12(20-9(8)2)21(18,19)15-3-4-16-11(6-15)10(7-17)13-14-16/h5,17H,3-4,6-7H2,1-2H3. The Bertz CT molecular complexity index is 746. The van der Waals surface area contributed by atoms with Crippen molar-refractivity contribution in [3.8, 4) is 0 Å². The third kappa shape index (κ3) is 2.39. The maximum atomic E-state index is 12.7. The fourth-order valence-corrected chi connectivity index (χ4v) is 5.36. The van der Waals surface area contributed by atoms with E-state index in [1.165, 1.54) is 15.6 Å². The normalized spacial score (nSPS) is 16.1. The molecule has 3 rings (SSSR count). The average Bonchev–Trinajstić information content (AvgIpc) is 3.02. The summed E-state index contributed by atoms with van der Waals surface area (Å²) in [6, 6.07) is 1.71. The Morgan fingerprint density at radius 3 is 2.76 bits per heavy atom. The lowest BCUT2D eigenvalue weighted by Crippen LogP contribution is -2.38. The molecule has 0 saturated carbocycles. The molecule has 0 aliphatic carbocycles. The Balaban J connectivity index is 1.94. The summed E-state index contributed by atoms with van der Waals surface area (Å²) in [4.78, 5) is 1.01. The molecule has 2 aromatic rings. The van der Waals surface area contributed by atoms with Crippen LogP contribution in [0.5, 0.6) is 0 Å². The predicted molar refractivity (Wildman–Crippen MR) is 77.3 cm³/mol. The van der Waals surface area contributed by atoms with E-state index >= 15 is 0 Å². The first-order chi connectivity index (χ1) is 9.93. The number of aliphatic hydroxyl groups excluding tert-OH is 1. The number of aromatic nitrogens is 3. The van der Waals surface area contributed by atoms with E-state index in [9.17, 15) is 13.5 Å². The zero-order valence-corrected chi connectivity index (χ0v) is 13.4. The number of aliphatic hydroxyl groups is 1. The van der Waals surface area contributed by atoms with Gasteiger partial charge in [-0.25, -0.2) is 13.1 Å². The van der Waals surface area contributed by atoms with Crippen LogP contribution in [0.3, 0.4) is 0 Å². The van der Waals surface area contributed by atoms with Gasteiger partial charge < -0.3 is 5.11 Å². The third-order valence-corrected chi connectivity index (χ3v) is 7.14. The van der Waals surface area contributed by atoms with Crippen molar-refractivity contribution in [3.63, 3.8) is 0 Å². The molecule has 2 aromatic heterocycles. The van der Waals surface area contributed by atoms with E-state index in [4.69, 9.17) is 0 Å². The molecule has 7 nitrogen and oxygen atoms in total. The molecule has 0 atom stereocenters. The molecule has 0 radical (unpaired) electrons. The summed E-state index contributed by atoms with van der Waals surface area (Å²) in [5, 5.41) is 17.0. The third-order valence-electron chi connectivity index (χ3n) is 3.69. The molecule has 114 valence electrons. The second kappa shape index (κ2) is 5.16. The highest BCUT2D eigenvalue weighted by atomic mass is 32.2. The van der Waals surface area contributed by atoms with Crippen molar-refractivity contribution < 1.29 is 13.5 Å².